The molecule has 1 heterocycles. The van der Waals surface area contributed by atoms with Crippen LogP contribution in [0.25, 0.3) is 11.4 Å². The third-order valence-corrected chi connectivity index (χ3v) is 5.66. The lowest BCUT2D eigenvalue weighted by Gasteiger charge is -2.09. The predicted octanol–water partition coefficient (Wildman–Crippen LogP) is 2.88. The summed E-state index contributed by atoms with van der Waals surface area (Å²) >= 11 is 0. The minimum atomic E-state index is -3.59. The number of ether oxygens (including phenoxy) is 1. The van der Waals surface area contributed by atoms with Crippen LogP contribution in [0.3, 0.4) is 0 Å². The molecule has 0 atom stereocenters. The van der Waals surface area contributed by atoms with Crippen molar-refractivity contribution < 1.29 is 17.7 Å². The number of rotatable bonds is 7. The Morgan fingerprint density at radius 2 is 1.96 bits per heavy atom. The Hall–Kier alpha value is -2.71. The van der Waals surface area contributed by atoms with Crippen molar-refractivity contribution in [3.05, 3.63) is 59.5 Å². The first-order valence-electron chi connectivity index (χ1n) is 8.43. The van der Waals surface area contributed by atoms with E-state index in [1.54, 1.807) is 32.2 Å². The van der Waals surface area contributed by atoms with E-state index in [9.17, 15) is 8.42 Å². The van der Waals surface area contributed by atoms with Crippen molar-refractivity contribution in [2.45, 2.75) is 25.2 Å². The fourth-order valence-electron chi connectivity index (χ4n) is 2.60. The molecule has 0 aliphatic carbocycles. The molecule has 0 aliphatic heterocycles. The molecular formula is C19H21N3O4S. The molecule has 0 unspecified atom stereocenters. The molecule has 0 aliphatic rings. The van der Waals surface area contributed by atoms with Crippen LogP contribution in [0.1, 0.15) is 17.0 Å². The Kier molecular flexibility index (Phi) is 5.57. The van der Waals surface area contributed by atoms with Crippen LogP contribution >= 0.6 is 0 Å². The van der Waals surface area contributed by atoms with Gasteiger partial charge in [-0.1, -0.05) is 29.4 Å². The lowest BCUT2D eigenvalue weighted by molar-refractivity contribution is 0.379. The Labute approximate surface area is 158 Å². The zero-order valence-corrected chi connectivity index (χ0v) is 16.2. The number of methoxy groups -OCH3 is 1. The molecule has 3 rings (SSSR count). The molecular weight excluding hydrogens is 366 g/mol. The van der Waals surface area contributed by atoms with Crippen molar-refractivity contribution in [3.8, 4) is 17.1 Å². The monoisotopic (exact) mass is 387 g/mol. The summed E-state index contributed by atoms with van der Waals surface area (Å²) < 4.78 is 38.0. The lowest BCUT2D eigenvalue weighted by atomic mass is 10.2. The van der Waals surface area contributed by atoms with E-state index in [1.165, 1.54) is 0 Å². The lowest BCUT2D eigenvalue weighted by Crippen LogP contribution is -2.26. The predicted molar refractivity (Wildman–Crippen MR) is 101 cm³/mol. The third kappa shape index (κ3) is 4.53. The van der Waals surface area contributed by atoms with Crippen LogP contribution in [-0.4, -0.2) is 32.2 Å². The Morgan fingerprint density at radius 1 is 1.15 bits per heavy atom. The summed E-state index contributed by atoms with van der Waals surface area (Å²) in [6.07, 6.45) is 0.293. The van der Waals surface area contributed by atoms with E-state index in [-0.39, 0.29) is 11.4 Å². The highest BCUT2D eigenvalue weighted by Gasteiger charge is 2.17. The normalized spacial score (nSPS) is 11.5. The maximum absolute atomic E-state index is 12.5. The summed E-state index contributed by atoms with van der Waals surface area (Å²) in [5.74, 6) is 1.48. The van der Waals surface area contributed by atoms with Crippen LogP contribution in [0.5, 0.6) is 5.75 Å². The molecule has 1 aromatic heterocycles. The minimum absolute atomic E-state index is 0.162. The van der Waals surface area contributed by atoms with E-state index in [4.69, 9.17) is 9.26 Å². The van der Waals surface area contributed by atoms with E-state index in [0.29, 0.717) is 29.4 Å². The van der Waals surface area contributed by atoms with Crippen LogP contribution in [0.15, 0.2) is 51.9 Å². The summed E-state index contributed by atoms with van der Waals surface area (Å²) in [6.45, 7) is 3.79. The van der Waals surface area contributed by atoms with Crippen LogP contribution in [0, 0.1) is 13.8 Å². The van der Waals surface area contributed by atoms with Crippen molar-refractivity contribution >= 4 is 10.0 Å². The van der Waals surface area contributed by atoms with Gasteiger partial charge in [-0.25, -0.2) is 13.1 Å². The number of hydrogen-bond acceptors (Lipinski definition) is 6. The summed E-state index contributed by atoms with van der Waals surface area (Å²) in [7, 11) is -2.01. The smallest absolute Gasteiger partial charge is 0.240 e. The molecule has 27 heavy (non-hydrogen) atoms. The van der Waals surface area contributed by atoms with E-state index in [0.717, 1.165) is 11.1 Å². The van der Waals surface area contributed by atoms with Gasteiger partial charge in [0.05, 0.1) is 12.0 Å². The molecule has 0 bridgehead atoms. The van der Waals surface area contributed by atoms with Crippen LogP contribution in [-0.2, 0) is 16.4 Å². The summed E-state index contributed by atoms with van der Waals surface area (Å²) in [5.41, 5.74) is 2.35. The van der Waals surface area contributed by atoms with Crippen molar-refractivity contribution in [2.24, 2.45) is 0 Å². The number of benzene rings is 2. The first-order valence-corrected chi connectivity index (χ1v) is 9.91. The van der Waals surface area contributed by atoms with Crippen molar-refractivity contribution in [2.75, 3.05) is 13.7 Å². The van der Waals surface area contributed by atoms with Gasteiger partial charge in [0.15, 0.2) is 0 Å². The molecule has 2 aromatic carbocycles. The van der Waals surface area contributed by atoms with Gasteiger partial charge < -0.3 is 9.26 Å². The fourth-order valence-corrected chi connectivity index (χ4v) is 3.96. The minimum Gasteiger partial charge on any atom is -0.497 e. The fraction of sp³-hybridized carbons (Fsp3) is 0.263. The van der Waals surface area contributed by atoms with Gasteiger partial charge in [0.2, 0.25) is 21.7 Å². The van der Waals surface area contributed by atoms with E-state index in [2.05, 4.69) is 14.9 Å². The largest absolute Gasteiger partial charge is 0.497 e. The van der Waals surface area contributed by atoms with Gasteiger partial charge in [0, 0.05) is 18.5 Å². The van der Waals surface area contributed by atoms with Crippen molar-refractivity contribution in [3.63, 3.8) is 0 Å². The Balaban J connectivity index is 1.66. The molecule has 3 aromatic rings. The first-order chi connectivity index (χ1) is 12.9. The zero-order valence-electron chi connectivity index (χ0n) is 15.4. The van der Waals surface area contributed by atoms with Gasteiger partial charge in [-0.3, -0.25) is 0 Å². The number of aryl methyl sites for hydroxylation is 2. The molecule has 142 valence electrons. The topological polar surface area (TPSA) is 94.3 Å². The highest BCUT2D eigenvalue weighted by atomic mass is 32.2. The molecule has 0 saturated heterocycles. The third-order valence-electron chi connectivity index (χ3n) is 4.06. The van der Waals surface area contributed by atoms with Crippen molar-refractivity contribution in [1.29, 1.82) is 0 Å². The number of nitrogens with zero attached hydrogens (tertiary/aromatic N) is 2. The van der Waals surface area contributed by atoms with Gasteiger partial charge in [-0.05, 0) is 43.2 Å². The number of nitrogens with one attached hydrogen (secondary N) is 1. The molecule has 0 saturated carbocycles. The van der Waals surface area contributed by atoms with E-state index >= 15 is 0 Å². The second-order valence-corrected chi connectivity index (χ2v) is 7.90. The van der Waals surface area contributed by atoms with Crippen LogP contribution < -0.4 is 9.46 Å². The molecule has 7 nitrogen and oxygen atoms in total. The number of aromatic nitrogens is 2. The molecule has 0 spiro atoms. The molecule has 0 fully saturated rings. The Bertz CT molecular complexity index is 1040. The van der Waals surface area contributed by atoms with E-state index < -0.39 is 10.0 Å². The molecule has 0 amide bonds. The highest BCUT2D eigenvalue weighted by molar-refractivity contribution is 7.89. The number of hydrogen-bond donors (Lipinski definition) is 1. The zero-order chi connectivity index (χ0) is 19.4. The maximum atomic E-state index is 12.5. The van der Waals surface area contributed by atoms with Crippen LogP contribution in [0.4, 0.5) is 0 Å². The molecule has 1 N–H and O–H groups in total. The number of sulfonamides is 1. The summed E-state index contributed by atoms with van der Waals surface area (Å²) in [4.78, 5) is 4.59. The van der Waals surface area contributed by atoms with Gasteiger partial charge >= 0.3 is 0 Å². The van der Waals surface area contributed by atoms with Gasteiger partial charge in [-0.15, -0.1) is 0 Å². The Morgan fingerprint density at radius 3 is 2.74 bits per heavy atom. The van der Waals surface area contributed by atoms with Crippen molar-refractivity contribution in [1.82, 2.24) is 14.9 Å². The quantitative estimate of drug-likeness (QED) is 0.670. The van der Waals surface area contributed by atoms with Gasteiger partial charge in [0.25, 0.3) is 0 Å². The van der Waals surface area contributed by atoms with Gasteiger partial charge in [0.1, 0.15) is 5.75 Å². The van der Waals surface area contributed by atoms with Gasteiger partial charge in [-0.2, -0.15) is 4.98 Å². The summed E-state index contributed by atoms with van der Waals surface area (Å²) in [6, 6.07) is 12.6. The average molecular weight is 387 g/mol. The SMILES string of the molecule is COc1cccc(-c2noc(CCNS(=O)(=O)c3cc(C)ccc3C)n2)c1. The standard InChI is InChI=1S/C19H21N3O4S/c1-13-7-8-14(2)17(11-13)27(23,24)20-10-9-18-21-19(22-26-18)15-5-4-6-16(12-15)25-3/h4-8,11-12,20H,9-10H2,1-3H3. The second kappa shape index (κ2) is 7.89. The summed E-state index contributed by atoms with van der Waals surface area (Å²) in [5, 5.41) is 3.94. The van der Waals surface area contributed by atoms with E-state index in [1.807, 2.05) is 31.2 Å². The molecule has 0 radical (unpaired) electrons. The first kappa shape index (κ1) is 19.1. The molecule has 8 heteroatoms. The average Bonchev–Trinajstić information content (AvgIpc) is 3.12. The maximum Gasteiger partial charge on any atom is 0.240 e. The van der Waals surface area contributed by atoms with Crippen LogP contribution in [0.2, 0.25) is 0 Å². The second-order valence-electron chi connectivity index (χ2n) is 6.16. The highest BCUT2D eigenvalue weighted by Crippen LogP contribution is 2.21.